The largest absolute Gasteiger partial charge is 0.481 e. The van der Waals surface area contributed by atoms with Gasteiger partial charge in [-0.05, 0) is 26.3 Å². The molecule has 1 fully saturated rings. The lowest BCUT2D eigenvalue weighted by Gasteiger charge is -2.38. The Morgan fingerprint density at radius 1 is 1.62 bits per heavy atom. The molecule has 5 heteroatoms. The number of hydrogen-bond acceptors (Lipinski definition) is 3. The minimum Gasteiger partial charge on any atom is -0.481 e. The molecule has 92 valence electrons. The minimum absolute atomic E-state index is 0.0338. The Morgan fingerprint density at radius 3 is 2.88 bits per heavy atom. The van der Waals surface area contributed by atoms with Crippen LogP contribution in [0.25, 0.3) is 0 Å². The first kappa shape index (κ1) is 13.0. The Morgan fingerprint density at radius 2 is 2.31 bits per heavy atom. The first-order valence-corrected chi connectivity index (χ1v) is 5.80. The zero-order valence-electron chi connectivity index (χ0n) is 9.90. The van der Waals surface area contributed by atoms with Crippen molar-refractivity contribution < 1.29 is 14.7 Å². The van der Waals surface area contributed by atoms with E-state index in [1.807, 2.05) is 6.92 Å². The SMILES string of the molecule is CCCN1CC(C)NC(=O)C1CCC(=O)O. The van der Waals surface area contributed by atoms with E-state index >= 15 is 0 Å². The molecule has 1 aliphatic rings. The van der Waals surface area contributed by atoms with Crippen molar-refractivity contribution >= 4 is 11.9 Å². The zero-order valence-corrected chi connectivity index (χ0v) is 9.90. The molecule has 0 bridgehead atoms. The maximum Gasteiger partial charge on any atom is 0.303 e. The smallest absolute Gasteiger partial charge is 0.303 e. The van der Waals surface area contributed by atoms with E-state index in [1.165, 1.54) is 0 Å². The number of nitrogens with one attached hydrogen (secondary N) is 1. The monoisotopic (exact) mass is 228 g/mol. The van der Waals surface area contributed by atoms with Crippen molar-refractivity contribution in [2.24, 2.45) is 0 Å². The number of carboxylic acid groups (broad SMARTS) is 1. The average molecular weight is 228 g/mol. The molecule has 1 amide bonds. The van der Waals surface area contributed by atoms with Crippen molar-refractivity contribution in [3.63, 3.8) is 0 Å². The van der Waals surface area contributed by atoms with E-state index in [1.54, 1.807) is 0 Å². The molecule has 1 rings (SSSR count). The van der Waals surface area contributed by atoms with Crippen molar-refractivity contribution in [1.82, 2.24) is 10.2 Å². The topological polar surface area (TPSA) is 69.6 Å². The molecule has 2 unspecified atom stereocenters. The normalized spacial score (nSPS) is 26.5. The van der Waals surface area contributed by atoms with Crippen LogP contribution in [0.4, 0.5) is 0 Å². The molecular formula is C11H20N2O3. The van der Waals surface area contributed by atoms with Gasteiger partial charge in [-0.1, -0.05) is 6.92 Å². The van der Waals surface area contributed by atoms with Gasteiger partial charge in [0.15, 0.2) is 0 Å². The number of nitrogens with zero attached hydrogens (tertiary/aromatic N) is 1. The van der Waals surface area contributed by atoms with Gasteiger partial charge in [0.2, 0.25) is 5.91 Å². The zero-order chi connectivity index (χ0) is 12.1. The number of carbonyl (C=O) groups excluding carboxylic acids is 1. The number of hydrogen-bond donors (Lipinski definition) is 2. The lowest BCUT2D eigenvalue weighted by Crippen LogP contribution is -2.59. The van der Waals surface area contributed by atoms with Gasteiger partial charge < -0.3 is 10.4 Å². The van der Waals surface area contributed by atoms with Crippen molar-refractivity contribution in [3.8, 4) is 0 Å². The van der Waals surface area contributed by atoms with Crippen LogP contribution >= 0.6 is 0 Å². The highest BCUT2D eigenvalue weighted by Crippen LogP contribution is 2.13. The summed E-state index contributed by atoms with van der Waals surface area (Å²) in [7, 11) is 0. The van der Waals surface area contributed by atoms with Crippen LogP contribution in [0.1, 0.15) is 33.1 Å². The summed E-state index contributed by atoms with van der Waals surface area (Å²) in [4.78, 5) is 24.4. The maximum atomic E-state index is 11.8. The van der Waals surface area contributed by atoms with E-state index in [-0.39, 0.29) is 24.4 Å². The van der Waals surface area contributed by atoms with Crippen LogP contribution in [-0.2, 0) is 9.59 Å². The first-order chi connectivity index (χ1) is 7.54. The van der Waals surface area contributed by atoms with Gasteiger partial charge in [-0.15, -0.1) is 0 Å². The summed E-state index contributed by atoms with van der Waals surface area (Å²) >= 11 is 0. The second kappa shape index (κ2) is 5.84. The number of piperazine rings is 1. The highest BCUT2D eigenvalue weighted by atomic mass is 16.4. The van der Waals surface area contributed by atoms with Crippen molar-refractivity contribution in [3.05, 3.63) is 0 Å². The molecule has 5 nitrogen and oxygen atoms in total. The van der Waals surface area contributed by atoms with Crippen molar-refractivity contribution in [2.45, 2.75) is 45.2 Å². The summed E-state index contributed by atoms with van der Waals surface area (Å²) < 4.78 is 0. The molecule has 2 atom stereocenters. The van der Waals surface area contributed by atoms with Gasteiger partial charge in [-0.3, -0.25) is 14.5 Å². The summed E-state index contributed by atoms with van der Waals surface area (Å²) in [6.07, 6.45) is 1.42. The molecule has 1 aliphatic heterocycles. The van der Waals surface area contributed by atoms with E-state index in [9.17, 15) is 9.59 Å². The van der Waals surface area contributed by atoms with Gasteiger partial charge in [0, 0.05) is 19.0 Å². The van der Waals surface area contributed by atoms with E-state index in [0.29, 0.717) is 6.42 Å². The quantitative estimate of drug-likeness (QED) is 0.717. The van der Waals surface area contributed by atoms with Crippen LogP contribution in [0.5, 0.6) is 0 Å². The molecule has 0 saturated carbocycles. The van der Waals surface area contributed by atoms with Crippen molar-refractivity contribution in [1.29, 1.82) is 0 Å². The summed E-state index contributed by atoms with van der Waals surface area (Å²) in [6.45, 7) is 5.69. The van der Waals surface area contributed by atoms with Gasteiger partial charge in [-0.2, -0.15) is 0 Å². The van der Waals surface area contributed by atoms with Gasteiger partial charge in [0.1, 0.15) is 0 Å². The third-order valence-corrected chi connectivity index (χ3v) is 2.78. The van der Waals surface area contributed by atoms with E-state index in [4.69, 9.17) is 5.11 Å². The molecule has 0 aromatic heterocycles. The highest BCUT2D eigenvalue weighted by Gasteiger charge is 2.32. The van der Waals surface area contributed by atoms with Gasteiger partial charge in [-0.25, -0.2) is 0 Å². The van der Waals surface area contributed by atoms with E-state index in [0.717, 1.165) is 19.5 Å². The van der Waals surface area contributed by atoms with Crippen LogP contribution in [0, 0.1) is 0 Å². The summed E-state index contributed by atoms with van der Waals surface area (Å²) in [6, 6.07) is -0.118. The summed E-state index contributed by atoms with van der Waals surface area (Å²) in [5, 5.41) is 11.5. The second-order valence-corrected chi connectivity index (χ2v) is 4.35. The number of aliphatic carboxylic acids is 1. The van der Waals surface area contributed by atoms with Crippen LogP contribution in [0.15, 0.2) is 0 Å². The third-order valence-electron chi connectivity index (χ3n) is 2.78. The van der Waals surface area contributed by atoms with Gasteiger partial charge in [0.25, 0.3) is 0 Å². The molecule has 0 aromatic rings. The first-order valence-electron chi connectivity index (χ1n) is 5.80. The standard InChI is InChI=1S/C11H20N2O3/c1-3-6-13-7-8(2)12-11(16)9(13)4-5-10(14)15/h8-9H,3-7H2,1-2H3,(H,12,16)(H,14,15). The molecule has 2 N–H and O–H groups in total. The predicted octanol–water partition coefficient (Wildman–Crippen LogP) is 0.450. The number of carboxylic acids is 1. The molecule has 0 spiro atoms. The second-order valence-electron chi connectivity index (χ2n) is 4.35. The molecule has 0 aliphatic carbocycles. The lowest BCUT2D eigenvalue weighted by molar-refractivity contribution is -0.138. The predicted molar refractivity (Wildman–Crippen MR) is 60.1 cm³/mol. The molecule has 0 aromatic carbocycles. The molecule has 1 heterocycles. The Kier molecular flexibility index (Phi) is 4.73. The van der Waals surface area contributed by atoms with Gasteiger partial charge in [0.05, 0.1) is 6.04 Å². The average Bonchev–Trinajstić information content (AvgIpc) is 2.16. The fourth-order valence-corrected chi connectivity index (χ4v) is 2.14. The Hall–Kier alpha value is -1.10. The van der Waals surface area contributed by atoms with Crippen molar-refractivity contribution in [2.75, 3.05) is 13.1 Å². The molecule has 1 saturated heterocycles. The van der Waals surface area contributed by atoms with Crippen LogP contribution in [0.2, 0.25) is 0 Å². The van der Waals surface area contributed by atoms with Crippen LogP contribution in [-0.4, -0.2) is 47.1 Å². The van der Waals surface area contributed by atoms with Crippen LogP contribution in [0.3, 0.4) is 0 Å². The number of amides is 1. The fraction of sp³-hybridized carbons (Fsp3) is 0.818. The van der Waals surface area contributed by atoms with E-state index in [2.05, 4.69) is 17.1 Å². The minimum atomic E-state index is -0.845. The number of rotatable bonds is 5. The lowest BCUT2D eigenvalue weighted by atomic mass is 10.0. The summed E-state index contributed by atoms with van der Waals surface area (Å²) in [5.74, 6) is -0.878. The molecule has 16 heavy (non-hydrogen) atoms. The van der Waals surface area contributed by atoms with Crippen LogP contribution < -0.4 is 5.32 Å². The van der Waals surface area contributed by atoms with Gasteiger partial charge >= 0.3 is 5.97 Å². The number of carbonyl (C=O) groups is 2. The van der Waals surface area contributed by atoms with E-state index < -0.39 is 5.97 Å². The summed E-state index contributed by atoms with van der Waals surface area (Å²) in [5.41, 5.74) is 0. The highest BCUT2D eigenvalue weighted by molar-refractivity contribution is 5.83. The fourth-order valence-electron chi connectivity index (χ4n) is 2.14. The third kappa shape index (κ3) is 3.48. The maximum absolute atomic E-state index is 11.8. The molecular weight excluding hydrogens is 208 g/mol. The Balaban J connectivity index is 2.59. The Labute approximate surface area is 95.8 Å². The molecule has 0 radical (unpaired) electrons. The Bertz CT molecular complexity index is 268.